The summed E-state index contributed by atoms with van der Waals surface area (Å²) in [6.45, 7) is 1.76. The van der Waals surface area contributed by atoms with Crippen LogP contribution in [0, 0.1) is 5.82 Å². The first kappa shape index (κ1) is 20.2. The van der Waals surface area contributed by atoms with Gasteiger partial charge in [0, 0.05) is 17.3 Å². The number of carbonyl (C=O) groups is 2. The summed E-state index contributed by atoms with van der Waals surface area (Å²) in [4.78, 5) is 26.7. The van der Waals surface area contributed by atoms with Crippen molar-refractivity contribution in [1.29, 1.82) is 0 Å². The fraction of sp³-hybridized carbons (Fsp3) is 0.391. The van der Waals surface area contributed by atoms with Gasteiger partial charge in [0.15, 0.2) is 6.10 Å². The largest absolute Gasteiger partial charge is 0.479 e. The third-order valence-corrected chi connectivity index (χ3v) is 5.65. The minimum Gasteiger partial charge on any atom is -0.479 e. The number of rotatable bonds is 4. The zero-order valence-corrected chi connectivity index (χ0v) is 17.0. The molecule has 0 radical (unpaired) electrons. The molecule has 1 heterocycles. The summed E-state index contributed by atoms with van der Waals surface area (Å²) in [5, 5.41) is 5.85. The lowest BCUT2D eigenvalue weighted by molar-refractivity contribution is -0.125. The van der Waals surface area contributed by atoms with Gasteiger partial charge in [-0.05, 0) is 44.0 Å². The van der Waals surface area contributed by atoms with Crippen LogP contribution in [0.1, 0.15) is 44.6 Å². The predicted molar refractivity (Wildman–Crippen MR) is 113 cm³/mol. The molecular weight excluding hydrogens is 385 g/mol. The molecule has 3 amide bonds. The number of carbonyl (C=O) groups excluding carboxylic acids is 2. The van der Waals surface area contributed by atoms with Crippen molar-refractivity contribution in [1.82, 2.24) is 5.32 Å². The highest BCUT2D eigenvalue weighted by Crippen LogP contribution is 2.37. The molecule has 1 atom stereocenters. The monoisotopic (exact) mass is 411 g/mol. The number of amides is 3. The van der Waals surface area contributed by atoms with Gasteiger partial charge in [-0.2, -0.15) is 0 Å². The van der Waals surface area contributed by atoms with E-state index in [1.807, 2.05) is 0 Å². The van der Waals surface area contributed by atoms with Gasteiger partial charge in [0.1, 0.15) is 11.6 Å². The van der Waals surface area contributed by atoms with Gasteiger partial charge in [-0.25, -0.2) is 9.18 Å². The van der Waals surface area contributed by atoms with Crippen molar-refractivity contribution in [2.24, 2.45) is 0 Å². The molecular formula is C23H26FN3O3. The van der Waals surface area contributed by atoms with E-state index in [9.17, 15) is 14.0 Å². The predicted octanol–water partition coefficient (Wildman–Crippen LogP) is 4.59. The fourth-order valence-corrected chi connectivity index (χ4v) is 4.04. The summed E-state index contributed by atoms with van der Waals surface area (Å²) in [6, 6.07) is 11.5. The highest BCUT2D eigenvalue weighted by molar-refractivity contribution is 6.01. The number of halogens is 1. The molecule has 7 heteroatoms. The van der Waals surface area contributed by atoms with Crippen LogP contribution in [0.5, 0.6) is 5.75 Å². The van der Waals surface area contributed by atoms with Crippen molar-refractivity contribution in [3.05, 3.63) is 53.8 Å². The summed E-state index contributed by atoms with van der Waals surface area (Å²) >= 11 is 0. The topological polar surface area (TPSA) is 70.7 Å². The van der Waals surface area contributed by atoms with Crippen LogP contribution < -0.4 is 20.3 Å². The molecule has 0 spiro atoms. The maximum atomic E-state index is 14.2. The van der Waals surface area contributed by atoms with Crippen LogP contribution >= 0.6 is 0 Å². The van der Waals surface area contributed by atoms with Crippen LogP contribution in [0.15, 0.2) is 42.5 Å². The number of nitrogens with zero attached hydrogens (tertiary/aromatic N) is 1. The van der Waals surface area contributed by atoms with E-state index in [1.165, 1.54) is 17.4 Å². The van der Waals surface area contributed by atoms with E-state index >= 15 is 0 Å². The van der Waals surface area contributed by atoms with Gasteiger partial charge in [-0.1, -0.05) is 37.5 Å². The van der Waals surface area contributed by atoms with Crippen molar-refractivity contribution in [2.45, 2.75) is 57.7 Å². The highest BCUT2D eigenvalue weighted by atomic mass is 19.1. The van der Waals surface area contributed by atoms with Gasteiger partial charge in [0.2, 0.25) is 0 Å². The first-order chi connectivity index (χ1) is 14.5. The quantitative estimate of drug-likeness (QED) is 0.773. The summed E-state index contributed by atoms with van der Waals surface area (Å²) in [6.07, 6.45) is 4.80. The molecule has 1 aliphatic carbocycles. The zero-order valence-electron chi connectivity index (χ0n) is 17.0. The SMILES string of the molecule is CC1Oc2ccc(NC(=O)NC3CCCCC3)cc2N(Cc2ccccc2F)C1=O. The van der Waals surface area contributed by atoms with Crippen molar-refractivity contribution < 1.29 is 18.7 Å². The van der Waals surface area contributed by atoms with Gasteiger partial charge in [0.25, 0.3) is 5.91 Å². The fourth-order valence-electron chi connectivity index (χ4n) is 4.04. The highest BCUT2D eigenvalue weighted by Gasteiger charge is 2.32. The van der Waals surface area contributed by atoms with Gasteiger partial charge in [-0.15, -0.1) is 0 Å². The molecule has 1 unspecified atom stereocenters. The molecule has 0 bridgehead atoms. The zero-order chi connectivity index (χ0) is 21.1. The summed E-state index contributed by atoms with van der Waals surface area (Å²) < 4.78 is 19.9. The Morgan fingerprint density at radius 1 is 1.17 bits per heavy atom. The van der Waals surface area contributed by atoms with Crippen LogP contribution in [-0.2, 0) is 11.3 Å². The number of hydrogen-bond acceptors (Lipinski definition) is 3. The second kappa shape index (κ2) is 8.73. The lowest BCUT2D eigenvalue weighted by atomic mass is 9.96. The van der Waals surface area contributed by atoms with Crippen LogP contribution in [0.4, 0.5) is 20.6 Å². The van der Waals surface area contributed by atoms with Gasteiger partial charge < -0.3 is 20.3 Å². The lowest BCUT2D eigenvalue weighted by Crippen LogP contribution is -2.44. The van der Waals surface area contributed by atoms with Crippen LogP contribution in [0.3, 0.4) is 0 Å². The molecule has 2 N–H and O–H groups in total. The van der Waals surface area contributed by atoms with Crippen molar-refractivity contribution >= 4 is 23.3 Å². The minimum atomic E-state index is -0.669. The number of urea groups is 1. The van der Waals surface area contributed by atoms with E-state index in [1.54, 1.807) is 43.3 Å². The van der Waals surface area contributed by atoms with Gasteiger partial charge >= 0.3 is 6.03 Å². The molecule has 0 saturated heterocycles. The minimum absolute atomic E-state index is 0.0872. The number of hydrogen-bond donors (Lipinski definition) is 2. The standard InChI is InChI=1S/C23H26FN3O3/c1-15-22(28)27(14-16-7-5-6-10-19(16)24)20-13-18(11-12-21(20)30-15)26-23(29)25-17-8-3-2-4-9-17/h5-7,10-13,15,17H,2-4,8-9,14H2,1H3,(H2,25,26,29). The lowest BCUT2D eigenvalue weighted by Gasteiger charge is -2.33. The Bertz CT molecular complexity index is 943. The second-order valence-electron chi connectivity index (χ2n) is 7.89. The van der Waals surface area contributed by atoms with E-state index in [4.69, 9.17) is 4.74 Å². The Morgan fingerprint density at radius 3 is 2.70 bits per heavy atom. The van der Waals surface area contributed by atoms with E-state index in [0.29, 0.717) is 22.7 Å². The van der Waals surface area contributed by atoms with E-state index in [2.05, 4.69) is 10.6 Å². The summed E-state index contributed by atoms with van der Waals surface area (Å²) in [5.41, 5.74) is 1.47. The molecule has 2 aromatic rings. The van der Waals surface area contributed by atoms with Crippen LogP contribution in [-0.4, -0.2) is 24.1 Å². The first-order valence-electron chi connectivity index (χ1n) is 10.4. The van der Waals surface area contributed by atoms with Crippen LogP contribution in [0.2, 0.25) is 0 Å². The Hall–Kier alpha value is -3.09. The first-order valence-corrected chi connectivity index (χ1v) is 10.4. The summed E-state index contributed by atoms with van der Waals surface area (Å²) in [5.74, 6) is -0.0987. The Balaban J connectivity index is 1.54. The molecule has 4 rings (SSSR count). The maximum Gasteiger partial charge on any atom is 0.319 e. The van der Waals surface area contributed by atoms with Crippen molar-refractivity contribution in [2.75, 3.05) is 10.2 Å². The molecule has 1 aliphatic heterocycles. The van der Waals surface area contributed by atoms with Gasteiger partial charge in [-0.3, -0.25) is 4.79 Å². The van der Waals surface area contributed by atoms with Gasteiger partial charge in [0.05, 0.1) is 12.2 Å². The molecule has 2 aromatic carbocycles. The normalized spacial score (nSPS) is 19.1. The summed E-state index contributed by atoms with van der Waals surface area (Å²) in [7, 11) is 0. The average molecular weight is 411 g/mol. The molecule has 1 saturated carbocycles. The Kier molecular flexibility index (Phi) is 5.88. The second-order valence-corrected chi connectivity index (χ2v) is 7.89. The number of fused-ring (bicyclic) bond motifs is 1. The Morgan fingerprint density at radius 2 is 1.93 bits per heavy atom. The van der Waals surface area contributed by atoms with E-state index < -0.39 is 6.10 Å². The molecule has 158 valence electrons. The number of nitrogens with one attached hydrogen (secondary N) is 2. The maximum absolute atomic E-state index is 14.2. The third kappa shape index (κ3) is 4.40. The van der Waals surface area contributed by atoms with E-state index in [-0.39, 0.29) is 30.3 Å². The smallest absolute Gasteiger partial charge is 0.319 e. The number of anilines is 2. The average Bonchev–Trinajstić information content (AvgIpc) is 2.74. The van der Waals surface area contributed by atoms with E-state index in [0.717, 1.165) is 25.7 Å². The van der Waals surface area contributed by atoms with Crippen molar-refractivity contribution in [3.8, 4) is 5.75 Å². The number of ether oxygens (including phenoxy) is 1. The molecule has 0 aromatic heterocycles. The third-order valence-electron chi connectivity index (χ3n) is 5.65. The van der Waals surface area contributed by atoms with Crippen LogP contribution in [0.25, 0.3) is 0 Å². The van der Waals surface area contributed by atoms with Crippen molar-refractivity contribution in [3.63, 3.8) is 0 Å². The Labute approximate surface area is 175 Å². The molecule has 2 aliphatic rings. The molecule has 30 heavy (non-hydrogen) atoms. The number of benzene rings is 2. The molecule has 1 fully saturated rings. The molecule has 6 nitrogen and oxygen atoms in total.